The van der Waals surface area contributed by atoms with Crippen molar-refractivity contribution < 1.29 is 28.5 Å². The number of hydrogen-bond donors (Lipinski definition) is 1. The predicted molar refractivity (Wildman–Crippen MR) is 121 cm³/mol. The Hall–Kier alpha value is -3.00. The lowest BCUT2D eigenvalue weighted by Gasteiger charge is -2.52. The average molecular weight is 450 g/mol. The number of alkyl carbamates (subject to hydrolysis) is 1. The van der Waals surface area contributed by atoms with Crippen molar-refractivity contribution in [2.75, 3.05) is 26.4 Å². The number of amides is 1. The van der Waals surface area contributed by atoms with Gasteiger partial charge < -0.3 is 24.3 Å². The average Bonchev–Trinajstić information content (AvgIpc) is 3.16. The fourth-order valence-electron chi connectivity index (χ4n) is 4.71. The molecule has 7 heteroatoms. The number of benzene rings is 2. The Kier molecular flexibility index (Phi) is 5.56. The Morgan fingerprint density at radius 2 is 1.61 bits per heavy atom. The van der Waals surface area contributed by atoms with Crippen molar-refractivity contribution in [2.24, 2.45) is 5.41 Å². The van der Waals surface area contributed by atoms with Crippen LogP contribution in [0.15, 0.2) is 61.2 Å². The number of rotatable bonds is 7. The quantitative estimate of drug-likeness (QED) is 0.648. The Labute approximate surface area is 192 Å². The van der Waals surface area contributed by atoms with Crippen molar-refractivity contribution in [3.8, 4) is 11.1 Å². The lowest BCUT2D eigenvalue weighted by Crippen LogP contribution is -2.69. The van der Waals surface area contributed by atoms with E-state index in [1.165, 1.54) is 6.08 Å². The molecule has 0 saturated carbocycles. The summed E-state index contributed by atoms with van der Waals surface area (Å²) in [6, 6.07) is 15.0. The molecule has 0 radical (unpaired) electrons. The minimum absolute atomic E-state index is 0.0312. The van der Waals surface area contributed by atoms with Crippen molar-refractivity contribution in [2.45, 2.75) is 31.3 Å². The zero-order valence-electron chi connectivity index (χ0n) is 18.5. The van der Waals surface area contributed by atoms with Crippen molar-refractivity contribution in [1.82, 2.24) is 5.32 Å². The molecule has 2 aromatic carbocycles. The minimum Gasteiger partial charge on any atom is -0.449 e. The van der Waals surface area contributed by atoms with Crippen LogP contribution in [0.4, 0.5) is 4.79 Å². The molecule has 3 fully saturated rings. The summed E-state index contributed by atoms with van der Waals surface area (Å²) in [5, 5.41) is 2.64. The van der Waals surface area contributed by atoms with Gasteiger partial charge in [-0.25, -0.2) is 4.79 Å². The second-order valence-corrected chi connectivity index (χ2v) is 9.14. The van der Waals surface area contributed by atoms with Crippen LogP contribution in [0.3, 0.4) is 0 Å². The van der Waals surface area contributed by atoms with Gasteiger partial charge in [0.05, 0.1) is 19.8 Å². The first kappa shape index (κ1) is 21.8. The maximum atomic E-state index is 12.8. The maximum Gasteiger partial charge on any atom is 0.408 e. The first-order chi connectivity index (χ1) is 15.9. The third-order valence-electron chi connectivity index (χ3n) is 6.49. The maximum absolute atomic E-state index is 12.8. The summed E-state index contributed by atoms with van der Waals surface area (Å²) in [7, 11) is 0. The molecular formula is C26H27NO6. The van der Waals surface area contributed by atoms with E-state index in [4.69, 9.17) is 18.9 Å². The highest BCUT2D eigenvalue weighted by atomic mass is 16.9. The fraction of sp³-hybridized carbons (Fsp3) is 0.385. The monoisotopic (exact) mass is 449 g/mol. The van der Waals surface area contributed by atoms with Crippen molar-refractivity contribution >= 4 is 11.9 Å². The van der Waals surface area contributed by atoms with Crippen LogP contribution in [-0.2, 0) is 23.7 Å². The van der Waals surface area contributed by atoms with Crippen LogP contribution in [0.25, 0.3) is 11.1 Å². The summed E-state index contributed by atoms with van der Waals surface area (Å²) in [5.74, 6) is -2.06. The molecule has 0 unspecified atom stereocenters. The van der Waals surface area contributed by atoms with Gasteiger partial charge in [0.2, 0.25) is 0 Å². The normalized spacial score (nSPS) is 26.2. The number of carbonyl (C=O) groups excluding carboxylic acids is 2. The van der Waals surface area contributed by atoms with Gasteiger partial charge in [-0.3, -0.25) is 4.79 Å². The molecule has 0 aromatic heterocycles. The first-order valence-electron chi connectivity index (χ1n) is 11.1. The van der Waals surface area contributed by atoms with Gasteiger partial charge in [-0.2, -0.15) is 0 Å². The number of nitrogens with one attached hydrogen (secondary N) is 1. The molecule has 1 atom stereocenters. The lowest BCUT2D eigenvalue weighted by molar-refractivity contribution is -0.469. The molecule has 33 heavy (non-hydrogen) atoms. The molecule has 2 aromatic rings. The van der Waals surface area contributed by atoms with Crippen LogP contribution >= 0.6 is 0 Å². The fourth-order valence-corrected chi connectivity index (χ4v) is 4.71. The largest absolute Gasteiger partial charge is 0.449 e. The molecule has 3 aliphatic heterocycles. The van der Waals surface area contributed by atoms with Crippen molar-refractivity contribution in [1.29, 1.82) is 0 Å². The van der Waals surface area contributed by atoms with Crippen LogP contribution < -0.4 is 5.32 Å². The molecule has 6 rings (SSSR count). The van der Waals surface area contributed by atoms with E-state index in [-0.39, 0.29) is 30.1 Å². The van der Waals surface area contributed by atoms with Crippen LogP contribution in [0.2, 0.25) is 0 Å². The van der Waals surface area contributed by atoms with Gasteiger partial charge in [-0.05, 0) is 22.3 Å². The standard InChI is InChI=1S/C26H27NO6/c1-3-8-22(28)23(26-31-14-25(2,15-32-26)16-33-26)27-24(29)30-13-21-19-11-6-4-9-17(19)18-10-5-7-12-20(18)21/h3-7,9-12,21,23H,1,8,13-16H2,2H3,(H,27,29)/t23-,25?,26?/m0/s1. The van der Waals surface area contributed by atoms with E-state index in [1.54, 1.807) is 0 Å². The van der Waals surface area contributed by atoms with Gasteiger partial charge in [0, 0.05) is 17.8 Å². The number of carbonyl (C=O) groups is 2. The van der Waals surface area contributed by atoms with Gasteiger partial charge in [0.1, 0.15) is 6.61 Å². The minimum atomic E-state index is -1.65. The molecular weight excluding hydrogens is 422 g/mol. The van der Waals surface area contributed by atoms with Crippen LogP contribution in [-0.4, -0.2) is 50.3 Å². The van der Waals surface area contributed by atoms with Gasteiger partial charge in [0.25, 0.3) is 0 Å². The molecule has 172 valence electrons. The molecule has 3 saturated heterocycles. The SMILES string of the molecule is C=CCC(=O)[C@H](NC(=O)OCC1c2ccccc2-c2ccccc21)C12OCC(C)(CO1)CO2. The van der Waals surface area contributed by atoms with Crippen LogP contribution in [0.1, 0.15) is 30.4 Å². The second-order valence-electron chi connectivity index (χ2n) is 9.14. The summed E-state index contributed by atoms with van der Waals surface area (Å²) in [5.41, 5.74) is 4.24. The van der Waals surface area contributed by atoms with E-state index < -0.39 is 18.1 Å². The highest BCUT2D eigenvalue weighted by Crippen LogP contribution is 2.44. The number of ketones is 1. The number of fused-ring (bicyclic) bond motifs is 6. The number of Topliss-reactive ketones (excluding diaryl/α,β-unsaturated/α-hetero) is 1. The molecule has 4 aliphatic rings. The van der Waals surface area contributed by atoms with Crippen LogP contribution in [0.5, 0.6) is 0 Å². The smallest absolute Gasteiger partial charge is 0.408 e. The number of hydrogen-bond acceptors (Lipinski definition) is 6. The van der Waals surface area contributed by atoms with E-state index in [0.29, 0.717) is 19.8 Å². The van der Waals surface area contributed by atoms with Crippen molar-refractivity contribution in [3.05, 3.63) is 72.3 Å². The second kappa shape index (κ2) is 8.41. The molecule has 7 nitrogen and oxygen atoms in total. The van der Waals surface area contributed by atoms with E-state index >= 15 is 0 Å². The Morgan fingerprint density at radius 1 is 1.06 bits per heavy atom. The van der Waals surface area contributed by atoms with Gasteiger partial charge >= 0.3 is 12.1 Å². The molecule has 2 bridgehead atoms. The summed E-state index contributed by atoms with van der Waals surface area (Å²) >= 11 is 0. The number of ether oxygens (including phenoxy) is 4. The molecule has 1 amide bonds. The van der Waals surface area contributed by atoms with Gasteiger partial charge in [-0.15, -0.1) is 6.58 Å². The first-order valence-corrected chi connectivity index (χ1v) is 11.1. The Balaban J connectivity index is 1.31. The summed E-state index contributed by atoms with van der Waals surface area (Å²) < 4.78 is 23.0. The highest BCUT2D eigenvalue weighted by molar-refractivity contribution is 5.89. The van der Waals surface area contributed by atoms with Crippen LogP contribution in [0, 0.1) is 5.41 Å². The summed E-state index contributed by atoms with van der Waals surface area (Å²) in [4.78, 5) is 25.7. The van der Waals surface area contributed by atoms with E-state index in [0.717, 1.165) is 22.3 Å². The van der Waals surface area contributed by atoms with Gasteiger partial charge in [0.15, 0.2) is 11.8 Å². The molecule has 3 heterocycles. The van der Waals surface area contributed by atoms with Crippen molar-refractivity contribution in [3.63, 3.8) is 0 Å². The van der Waals surface area contributed by atoms with E-state index in [2.05, 4.69) is 24.0 Å². The zero-order valence-corrected chi connectivity index (χ0v) is 18.5. The molecule has 1 aliphatic carbocycles. The predicted octanol–water partition coefficient (Wildman–Crippen LogP) is 3.78. The Morgan fingerprint density at radius 3 is 2.15 bits per heavy atom. The molecule has 1 N–H and O–H groups in total. The molecule has 0 spiro atoms. The van der Waals surface area contributed by atoms with Gasteiger partial charge in [-0.1, -0.05) is 61.5 Å². The number of allylic oxidation sites excluding steroid dienone is 1. The van der Waals surface area contributed by atoms with E-state index in [1.807, 2.05) is 43.3 Å². The Bertz CT molecular complexity index is 1030. The van der Waals surface area contributed by atoms with E-state index in [9.17, 15) is 9.59 Å². The third kappa shape index (κ3) is 3.86. The third-order valence-corrected chi connectivity index (χ3v) is 6.49. The lowest BCUT2D eigenvalue weighted by atomic mass is 9.90. The highest BCUT2D eigenvalue weighted by Gasteiger charge is 2.57. The summed E-state index contributed by atoms with van der Waals surface area (Å²) in [6.07, 6.45) is 0.772. The topological polar surface area (TPSA) is 83.1 Å². The summed E-state index contributed by atoms with van der Waals surface area (Å²) in [6.45, 7) is 6.85. The zero-order chi connectivity index (χ0) is 23.1.